The van der Waals surface area contributed by atoms with Crippen LogP contribution in [0.3, 0.4) is 0 Å². The monoisotopic (exact) mass is 519 g/mol. The predicted octanol–water partition coefficient (Wildman–Crippen LogP) is 4.03. The largest absolute Gasteiger partial charge is 0.478 e. The Hall–Kier alpha value is -3.24. The quantitative estimate of drug-likeness (QED) is 0.327. The summed E-state index contributed by atoms with van der Waals surface area (Å²) in [5.41, 5.74) is 3.42. The molecule has 0 bridgehead atoms. The van der Waals surface area contributed by atoms with Gasteiger partial charge in [-0.1, -0.05) is 59.6 Å². The summed E-state index contributed by atoms with van der Waals surface area (Å²) in [6.07, 6.45) is 1.32. The highest BCUT2D eigenvalue weighted by Gasteiger charge is 2.27. The average molecular weight is 520 g/mol. The number of rotatable bonds is 9. The minimum absolute atomic E-state index is 0.0231. The zero-order valence-corrected chi connectivity index (χ0v) is 19.9. The third kappa shape index (κ3) is 6.64. The molecule has 0 aliphatic heterocycles. The first-order chi connectivity index (χ1) is 16.2. The van der Waals surface area contributed by atoms with Crippen molar-refractivity contribution in [3.8, 4) is 0 Å². The molecule has 0 aliphatic carbocycles. The molecule has 0 spiro atoms. The molecule has 0 radical (unpaired) electrons. The average Bonchev–Trinajstić information content (AvgIpc) is 2.81. The lowest BCUT2D eigenvalue weighted by atomic mass is 10.1. The first-order valence-electron chi connectivity index (χ1n) is 9.81. The molecule has 0 saturated carbocycles. The van der Waals surface area contributed by atoms with E-state index in [2.05, 4.69) is 10.5 Å². The molecule has 0 atom stereocenters. The Labute approximate surface area is 206 Å². The molecule has 0 fully saturated rings. The third-order valence-corrected chi connectivity index (χ3v) is 7.02. The first kappa shape index (κ1) is 25.4. The number of amides is 1. The molecule has 3 aromatic rings. The molecule has 0 aromatic heterocycles. The highest BCUT2D eigenvalue weighted by atomic mass is 35.5. The Balaban J connectivity index is 1.77. The highest BCUT2D eigenvalue weighted by molar-refractivity contribution is 7.89. The summed E-state index contributed by atoms with van der Waals surface area (Å²) in [5, 5.41) is 13.4. The summed E-state index contributed by atoms with van der Waals surface area (Å²) in [6.45, 7) is -0.688. The molecule has 8 nitrogen and oxygen atoms in total. The normalized spacial score (nSPS) is 11.6. The molecule has 0 aliphatic rings. The highest BCUT2D eigenvalue weighted by Crippen LogP contribution is 2.25. The number of halogens is 2. The Morgan fingerprint density at radius 3 is 2.29 bits per heavy atom. The second-order valence-electron chi connectivity index (χ2n) is 7.04. The van der Waals surface area contributed by atoms with Gasteiger partial charge in [-0.25, -0.2) is 18.6 Å². The van der Waals surface area contributed by atoms with Crippen LogP contribution in [0.25, 0.3) is 0 Å². The van der Waals surface area contributed by atoms with E-state index in [1.54, 1.807) is 30.3 Å². The summed E-state index contributed by atoms with van der Waals surface area (Å²) >= 11 is 12.2. The number of nitrogens with one attached hydrogen (secondary N) is 1. The number of sulfonamides is 1. The van der Waals surface area contributed by atoms with Crippen LogP contribution in [-0.4, -0.2) is 42.5 Å². The molecule has 3 rings (SSSR count). The van der Waals surface area contributed by atoms with E-state index in [0.29, 0.717) is 16.1 Å². The molecule has 34 heavy (non-hydrogen) atoms. The zero-order valence-electron chi connectivity index (χ0n) is 17.6. The fourth-order valence-electron chi connectivity index (χ4n) is 2.89. The van der Waals surface area contributed by atoms with Crippen molar-refractivity contribution in [3.05, 3.63) is 99.5 Å². The van der Waals surface area contributed by atoms with Gasteiger partial charge in [0, 0.05) is 16.6 Å². The van der Waals surface area contributed by atoms with E-state index >= 15 is 0 Å². The lowest BCUT2D eigenvalue weighted by molar-refractivity contribution is -0.121. The minimum Gasteiger partial charge on any atom is -0.478 e. The van der Waals surface area contributed by atoms with Crippen LogP contribution in [0, 0.1) is 0 Å². The van der Waals surface area contributed by atoms with Gasteiger partial charge in [-0.3, -0.25) is 4.79 Å². The number of carboxylic acid groups (broad SMARTS) is 1. The van der Waals surface area contributed by atoms with Crippen molar-refractivity contribution in [3.63, 3.8) is 0 Å². The number of hydrogen-bond donors (Lipinski definition) is 2. The smallest absolute Gasteiger partial charge is 0.335 e. The van der Waals surface area contributed by atoms with Crippen LogP contribution in [0.5, 0.6) is 0 Å². The third-order valence-electron chi connectivity index (χ3n) is 4.62. The number of hydrogen-bond acceptors (Lipinski definition) is 5. The molecule has 0 heterocycles. The van der Waals surface area contributed by atoms with Crippen molar-refractivity contribution in [2.45, 2.75) is 11.4 Å². The van der Waals surface area contributed by atoms with E-state index in [1.165, 1.54) is 48.7 Å². The maximum atomic E-state index is 13.2. The molecule has 0 unspecified atom stereocenters. The standard InChI is InChI=1S/C23H19Cl2N3O5S/c24-19-11-10-18(21(25)12-19)14-28(34(32,33)20-4-2-1-3-5-20)15-22(29)27-26-13-16-6-8-17(9-7-16)23(30)31/h1-13H,14-15H2,(H,27,29)(H,30,31)/b26-13-. The van der Waals surface area contributed by atoms with Crippen LogP contribution in [0.4, 0.5) is 0 Å². The van der Waals surface area contributed by atoms with Gasteiger partial charge in [-0.15, -0.1) is 0 Å². The molecule has 3 aromatic carbocycles. The molecular formula is C23H19Cl2N3O5S. The second-order valence-corrected chi connectivity index (χ2v) is 9.82. The van der Waals surface area contributed by atoms with E-state index < -0.39 is 28.4 Å². The Morgan fingerprint density at radius 2 is 1.68 bits per heavy atom. The summed E-state index contributed by atoms with van der Waals surface area (Å²) < 4.78 is 27.4. The van der Waals surface area contributed by atoms with Crippen LogP contribution in [0.2, 0.25) is 10.0 Å². The van der Waals surface area contributed by atoms with Crippen molar-refractivity contribution in [2.75, 3.05) is 6.54 Å². The summed E-state index contributed by atoms with van der Waals surface area (Å²) in [6, 6.07) is 18.2. The van der Waals surface area contributed by atoms with Crippen molar-refractivity contribution < 1.29 is 23.1 Å². The number of nitrogens with zero attached hydrogens (tertiary/aromatic N) is 2. The Morgan fingerprint density at radius 1 is 1.00 bits per heavy atom. The van der Waals surface area contributed by atoms with Gasteiger partial charge in [0.25, 0.3) is 5.91 Å². The maximum absolute atomic E-state index is 13.2. The van der Waals surface area contributed by atoms with Crippen molar-refractivity contribution >= 4 is 51.3 Å². The fourth-order valence-corrected chi connectivity index (χ4v) is 4.76. The number of aromatic carboxylic acids is 1. The van der Waals surface area contributed by atoms with Gasteiger partial charge in [0.15, 0.2) is 0 Å². The Kier molecular flexibility index (Phi) is 8.41. The van der Waals surface area contributed by atoms with E-state index in [0.717, 1.165) is 4.31 Å². The van der Waals surface area contributed by atoms with Crippen molar-refractivity contribution in [2.24, 2.45) is 5.10 Å². The summed E-state index contributed by atoms with van der Waals surface area (Å²) in [5.74, 6) is -1.74. The van der Waals surface area contributed by atoms with Gasteiger partial charge in [0.2, 0.25) is 10.0 Å². The molecule has 2 N–H and O–H groups in total. The van der Waals surface area contributed by atoms with Crippen LogP contribution in [-0.2, 0) is 21.4 Å². The van der Waals surface area contributed by atoms with Gasteiger partial charge in [-0.05, 0) is 47.5 Å². The van der Waals surface area contributed by atoms with Gasteiger partial charge >= 0.3 is 5.97 Å². The number of carbonyl (C=O) groups is 2. The lowest BCUT2D eigenvalue weighted by Crippen LogP contribution is -2.39. The van der Waals surface area contributed by atoms with Gasteiger partial charge in [-0.2, -0.15) is 9.41 Å². The molecule has 1 amide bonds. The molecule has 11 heteroatoms. The van der Waals surface area contributed by atoms with Gasteiger partial charge in [0.05, 0.1) is 23.2 Å². The topological polar surface area (TPSA) is 116 Å². The van der Waals surface area contributed by atoms with E-state index in [1.807, 2.05) is 0 Å². The van der Waals surface area contributed by atoms with E-state index in [4.69, 9.17) is 28.3 Å². The predicted molar refractivity (Wildman–Crippen MR) is 130 cm³/mol. The second kappa shape index (κ2) is 11.3. The lowest BCUT2D eigenvalue weighted by Gasteiger charge is -2.22. The van der Waals surface area contributed by atoms with Crippen LogP contribution < -0.4 is 5.43 Å². The number of carboxylic acids is 1. The zero-order chi connectivity index (χ0) is 24.7. The van der Waals surface area contributed by atoms with E-state index in [9.17, 15) is 18.0 Å². The minimum atomic E-state index is -4.04. The van der Waals surface area contributed by atoms with Crippen LogP contribution in [0.1, 0.15) is 21.5 Å². The number of benzene rings is 3. The molecular weight excluding hydrogens is 501 g/mol. The van der Waals surface area contributed by atoms with Crippen LogP contribution >= 0.6 is 23.2 Å². The molecule has 176 valence electrons. The van der Waals surface area contributed by atoms with Crippen molar-refractivity contribution in [1.82, 2.24) is 9.73 Å². The fraction of sp³-hybridized carbons (Fsp3) is 0.0870. The van der Waals surface area contributed by atoms with Gasteiger partial charge in [0.1, 0.15) is 0 Å². The first-order valence-corrected chi connectivity index (χ1v) is 12.0. The van der Waals surface area contributed by atoms with E-state index in [-0.39, 0.29) is 22.0 Å². The van der Waals surface area contributed by atoms with Gasteiger partial charge < -0.3 is 5.11 Å². The Bertz CT molecular complexity index is 1310. The molecule has 0 saturated heterocycles. The summed E-state index contributed by atoms with van der Waals surface area (Å²) in [4.78, 5) is 23.5. The maximum Gasteiger partial charge on any atom is 0.335 e. The number of hydrazone groups is 1. The number of carbonyl (C=O) groups excluding carboxylic acids is 1. The summed E-state index contributed by atoms with van der Waals surface area (Å²) in [7, 11) is -4.04. The van der Waals surface area contributed by atoms with Crippen LogP contribution in [0.15, 0.2) is 82.8 Å². The van der Waals surface area contributed by atoms with Crippen molar-refractivity contribution in [1.29, 1.82) is 0 Å². The SMILES string of the molecule is O=C(CN(Cc1ccc(Cl)cc1Cl)S(=O)(=O)c1ccccc1)N/N=C\c1ccc(C(=O)O)cc1.